The summed E-state index contributed by atoms with van der Waals surface area (Å²) in [6, 6.07) is 5.12. The molecule has 0 fully saturated rings. The predicted molar refractivity (Wildman–Crippen MR) is 42.5 cm³/mol. The molecule has 0 amide bonds. The molecular formula is C7H8NO2S. The molecule has 1 aromatic rings. The number of sulfone groups is 1. The van der Waals surface area contributed by atoms with Crippen LogP contribution in [0.2, 0.25) is 0 Å². The fraction of sp³-hybridized carbons (Fsp3) is 0.143. The molecule has 0 bridgehead atoms. The first-order valence-electron chi connectivity index (χ1n) is 3.04. The molecule has 1 rings (SSSR count). The van der Waals surface area contributed by atoms with Gasteiger partial charge in [0.05, 0.1) is 5.69 Å². The second-order valence-corrected chi connectivity index (χ2v) is 4.10. The van der Waals surface area contributed by atoms with E-state index in [0.29, 0.717) is 5.69 Å². The molecule has 4 heteroatoms. The fourth-order valence-corrected chi connectivity index (χ4v) is 1.24. The molecule has 0 unspecified atom stereocenters. The van der Waals surface area contributed by atoms with Crippen LogP contribution in [0, 0.1) is 5.75 Å². The van der Waals surface area contributed by atoms with Crippen molar-refractivity contribution in [2.75, 3.05) is 6.26 Å². The van der Waals surface area contributed by atoms with Gasteiger partial charge in [0.1, 0.15) is 5.75 Å². The largest absolute Gasteiger partial charge is 0.260 e. The van der Waals surface area contributed by atoms with E-state index in [9.17, 15) is 8.42 Å². The van der Waals surface area contributed by atoms with Crippen molar-refractivity contribution in [2.45, 2.75) is 0 Å². The number of pyridine rings is 1. The molecule has 1 heterocycles. The fourth-order valence-electron chi connectivity index (χ4n) is 0.665. The van der Waals surface area contributed by atoms with Gasteiger partial charge in [0.15, 0.2) is 9.84 Å². The summed E-state index contributed by atoms with van der Waals surface area (Å²) in [5.41, 5.74) is 0.468. The third-order valence-electron chi connectivity index (χ3n) is 1.02. The van der Waals surface area contributed by atoms with Gasteiger partial charge in [-0.25, -0.2) is 8.42 Å². The van der Waals surface area contributed by atoms with E-state index in [1.807, 2.05) is 0 Å². The molecule has 0 aromatic carbocycles. The Hall–Kier alpha value is -0.900. The zero-order valence-electron chi connectivity index (χ0n) is 6.06. The van der Waals surface area contributed by atoms with Crippen LogP contribution in [-0.4, -0.2) is 19.7 Å². The summed E-state index contributed by atoms with van der Waals surface area (Å²) in [5.74, 6) is 1.13. The second kappa shape index (κ2) is 3.00. The van der Waals surface area contributed by atoms with Gasteiger partial charge in [-0.2, -0.15) is 0 Å². The Bertz CT molecular complexity index is 318. The molecule has 0 aliphatic heterocycles. The van der Waals surface area contributed by atoms with Crippen LogP contribution in [0.1, 0.15) is 5.69 Å². The molecule has 0 N–H and O–H groups in total. The van der Waals surface area contributed by atoms with Crippen LogP contribution in [0.25, 0.3) is 0 Å². The van der Waals surface area contributed by atoms with Crippen LogP contribution >= 0.6 is 0 Å². The normalized spacial score (nSPS) is 11.4. The molecular weight excluding hydrogens is 162 g/mol. The minimum Gasteiger partial charge on any atom is -0.260 e. The minimum absolute atomic E-state index is 0.468. The molecule has 0 saturated heterocycles. The molecule has 0 aliphatic carbocycles. The summed E-state index contributed by atoms with van der Waals surface area (Å²) >= 11 is 0. The Labute approximate surface area is 66.0 Å². The van der Waals surface area contributed by atoms with E-state index < -0.39 is 9.84 Å². The SMILES string of the molecule is CS(=O)(=O)[CH]c1ccccn1. The maximum atomic E-state index is 10.7. The van der Waals surface area contributed by atoms with E-state index in [4.69, 9.17) is 0 Å². The molecule has 1 radical (unpaired) electrons. The quantitative estimate of drug-likeness (QED) is 0.654. The lowest BCUT2D eigenvalue weighted by Crippen LogP contribution is -1.98. The third kappa shape index (κ3) is 3.13. The van der Waals surface area contributed by atoms with Crippen molar-refractivity contribution in [2.24, 2.45) is 0 Å². The van der Waals surface area contributed by atoms with Gasteiger partial charge in [-0.1, -0.05) is 6.07 Å². The van der Waals surface area contributed by atoms with Crippen molar-refractivity contribution in [1.82, 2.24) is 4.98 Å². The van der Waals surface area contributed by atoms with Crippen molar-refractivity contribution in [3.05, 3.63) is 35.8 Å². The zero-order valence-corrected chi connectivity index (χ0v) is 6.88. The summed E-state index contributed by atoms with van der Waals surface area (Å²) in [6.45, 7) is 0. The van der Waals surface area contributed by atoms with Crippen molar-refractivity contribution in [1.29, 1.82) is 0 Å². The Kier molecular flexibility index (Phi) is 2.24. The summed E-state index contributed by atoms with van der Waals surface area (Å²) in [4.78, 5) is 3.83. The molecule has 3 nitrogen and oxygen atoms in total. The highest BCUT2D eigenvalue weighted by Gasteiger charge is 2.04. The number of nitrogens with zero attached hydrogens (tertiary/aromatic N) is 1. The molecule has 59 valence electrons. The molecule has 0 atom stereocenters. The Morgan fingerprint density at radius 3 is 2.64 bits per heavy atom. The lowest BCUT2D eigenvalue weighted by molar-refractivity contribution is 0.607. The van der Waals surface area contributed by atoms with Gasteiger partial charge in [-0.15, -0.1) is 0 Å². The first kappa shape index (κ1) is 8.20. The van der Waals surface area contributed by atoms with Gasteiger partial charge in [0.2, 0.25) is 0 Å². The highest BCUT2D eigenvalue weighted by molar-refractivity contribution is 7.92. The van der Waals surface area contributed by atoms with Crippen LogP contribution < -0.4 is 0 Å². The Morgan fingerprint density at radius 1 is 1.45 bits per heavy atom. The number of aromatic nitrogens is 1. The van der Waals surface area contributed by atoms with E-state index in [2.05, 4.69) is 4.98 Å². The lowest BCUT2D eigenvalue weighted by Gasteiger charge is -1.94. The van der Waals surface area contributed by atoms with Crippen molar-refractivity contribution in [3.8, 4) is 0 Å². The van der Waals surface area contributed by atoms with Gasteiger partial charge in [-0.05, 0) is 12.1 Å². The monoisotopic (exact) mass is 170 g/mol. The topological polar surface area (TPSA) is 47.0 Å². The van der Waals surface area contributed by atoms with E-state index >= 15 is 0 Å². The first-order valence-corrected chi connectivity index (χ1v) is 4.99. The van der Waals surface area contributed by atoms with Crippen LogP contribution in [0.15, 0.2) is 24.4 Å². The molecule has 0 spiro atoms. The smallest absolute Gasteiger partial charge is 0.157 e. The maximum absolute atomic E-state index is 10.7. The summed E-state index contributed by atoms with van der Waals surface area (Å²) in [6.07, 6.45) is 2.69. The predicted octanol–water partition coefficient (Wildman–Crippen LogP) is 0.636. The van der Waals surface area contributed by atoms with Crippen molar-refractivity contribution < 1.29 is 8.42 Å². The number of hydrogen-bond donors (Lipinski definition) is 0. The van der Waals surface area contributed by atoms with Crippen LogP contribution in [-0.2, 0) is 9.84 Å². The van der Waals surface area contributed by atoms with Crippen molar-refractivity contribution in [3.63, 3.8) is 0 Å². The Balaban J connectivity index is 2.82. The van der Waals surface area contributed by atoms with E-state index in [1.54, 1.807) is 24.4 Å². The average molecular weight is 170 g/mol. The standard InChI is InChI=1S/C7H8NO2S/c1-11(9,10)6-7-4-2-3-5-8-7/h2-6H,1H3. The van der Waals surface area contributed by atoms with Crippen LogP contribution in [0.4, 0.5) is 0 Å². The maximum Gasteiger partial charge on any atom is 0.157 e. The summed E-state index contributed by atoms with van der Waals surface area (Å²) in [5, 5.41) is 0. The molecule has 0 saturated carbocycles. The van der Waals surface area contributed by atoms with Crippen LogP contribution in [0.3, 0.4) is 0 Å². The van der Waals surface area contributed by atoms with Crippen molar-refractivity contribution >= 4 is 9.84 Å². The van der Waals surface area contributed by atoms with Gasteiger partial charge in [-0.3, -0.25) is 4.98 Å². The molecule has 1 aromatic heterocycles. The second-order valence-electron chi connectivity index (χ2n) is 2.20. The highest BCUT2D eigenvalue weighted by Crippen LogP contribution is 2.01. The van der Waals surface area contributed by atoms with E-state index in [-0.39, 0.29) is 0 Å². The summed E-state index contributed by atoms with van der Waals surface area (Å²) < 4.78 is 21.4. The van der Waals surface area contributed by atoms with E-state index in [1.165, 1.54) is 0 Å². The van der Waals surface area contributed by atoms with Gasteiger partial charge in [0.25, 0.3) is 0 Å². The highest BCUT2D eigenvalue weighted by atomic mass is 32.2. The van der Waals surface area contributed by atoms with E-state index in [0.717, 1.165) is 12.0 Å². The third-order valence-corrected chi connectivity index (χ3v) is 1.69. The Morgan fingerprint density at radius 2 is 2.18 bits per heavy atom. The lowest BCUT2D eigenvalue weighted by atomic mass is 10.4. The van der Waals surface area contributed by atoms with Gasteiger partial charge in [0, 0.05) is 12.5 Å². The zero-order chi connectivity index (χ0) is 8.32. The average Bonchev–Trinajstić information content (AvgIpc) is 1.85. The first-order chi connectivity index (χ1) is 5.08. The summed E-state index contributed by atoms with van der Waals surface area (Å²) in [7, 11) is -3.06. The van der Waals surface area contributed by atoms with Gasteiger partial charge >= 0.3 is 0 Å². The minimum atomic E-state index is -3.06. The molecule has 11 heavy (non-hydrogen) atoms. The van der Waals surface area contributed by atoms with Gasteiger partial charge < -0.3 is 0 Å². The number of rotatable bonds is 2. The van der Waals surface area contributed by atoms with Crippen LogP contribution in [0.5, 0.6) is 0 Å². The number of hydrogen-bond acceptors (Lipinski definition) is 3. The molecule has 0 aliphatic rings.